The van der Waals surface area contributed by atoms with Crippen LogP contribution in [0.15, 0.2) is 12.4 Å². The molecule has 0 atom stereocenters. The van der Waals surface area contributed by atoms with E-state index in [1.807, 2.05) is 13.8 Å². The zero-order valence-electron chi connectivity index (χ0n) is 10.6. The summed E-state index contributed by atoms with van der Waals surface area (Å²) in [5, 5.41) is 3.21. The van der Waals surface area contributed by atoms with Crippen LogP contribution in [-0.2, 0) is 6.54 Å². The number of hydrogen-bond donors (Lipinski definition) is 1. The summed E-state index contributed by atoms with van der Waals surface area (Å²) < 4.78 is 5.77. The van der Waals surface area contributed by atoms with Crippen LogP contribution in [-0.4, -0.2) is 22.1 Å². The number of nitrogens with zero attached hydrogens (tertiary/aromatic N) is 2. The Kier molecular flexibility index (Phi) is 4.68. The minimum Gasteiger partial charge on any atom is -0.471 e. The summed E-state index contributed by atoms with van der Waals surface area (Å²) in [6.45, 7) is 9.90. The van der Waals surface area contributed by atoms with Gasteiger partial charge in [-0.1, -0.05) is 13.8 Å². The second-order valence-electron chi connectivity index (χ2n) is 4.34. The third-order valence-electron chi connectivity index (χ3n) is 2.45. The minimum atomic E-state index is -0.189. The van der Waals surface area contributed by atoms with E-state index in [-0.39, 0.29) is 5.60 Å². The van der Waals surface area contributed by atoms with Crippen LogP contribution in [0.2, 0.25) is 0 Å². The first-order chi connectivity index (χ1) is 7.57. The number of nitrogens with one attached hydrogen (secondary N) is 1. The lowest BCUT2D eigenvalue weighted by molar-refractivity contribution is 0.0981. The van der Waals surface area contributed by atoms with Crippen molar-refractivity contribution in [1.82, 2.24) is 15.3 Å². The van der Waals surface area contributed by atoms with Crippen LogP contribution in [0, 0.1) is 0 Å². The fourth-order valence-electron chi connectivity index (χ4n) is 1.13. The third kappa shape index (κ3) is 4.14. The smallest absolute Gasteiger partial charge is 0.233 e. The van der Waals surface area contributed by atoms with Crippen molar-refractivity contribution >= 4 is 0 Å². The first-order valence-corrected chi connectivity index (χ1v) is 5.78. The highest BCUT2D eigenvalue weighted by Crippen LogP contribution is 2.17. The van der Waals surface area contributed by atoms with E-state index >= 15 is 0 Å². The highest BCUT2D eigenvalue weighted by Gasteiger charge is 2.17. The van der Waals surface area contributed by atoms with Crippen LogP contribution < -0.4 is 10.1 Å². The maximum atomic E-state index is 5.77. The molecule has 1 rings (SSSR count). The molecule has 0 radical (unpaired) electrons. The van der Waals surface area contributed by atoms with Gasteiger partial charge in [-0.3, -0.25) is 4.98 Å². The summed E-state index contributed by atoms with van der Waals surface area (Å²) in [4.78, 5) is 8.52. The summed E-state index contributed by atoms with van der Waals surface area (Å²) in [7, 11) is 0. The summed E-state index contributed by atoms with van der Waals surface area (Å²) in [5.41, 5.74) is 0.720. The van der Waals surface area contributed by atoms with Crippen LogP contribution in [0.5, 0.6) is 5.88 Å². The molecule has 1 heterocycles. The molecule has 0 aliphatic carbocycles. The van der Waals surface area contributed by atoms with E-state index in [9.17, 15) is 0 Å². The molecule has 1 aromatic rings. The van der Waals surface area contributed by atoms with Crippen molar-refractivity contribution in [3.8, 4) is 5.88 Å². The van der Waals surface area contributed by atoms with Gasteiger partial charge in [-0.25, -0.2) is 4.98 Å². The quantitative estimate of drug-likeness (QED) is 0.802. The van der Waals surface area contributed by atoms with Gasteiger partial charge in [0.2, 0.25) is 5.88 Å². The molecule has 0 spiro atoms. The molecule has 0 unspecified atom stereocenters. The summed E-state index contributed by atoms with van der Waals surface area (Å²) in [6, 6.07) is 0. The van der Waals surface area contributed by atoms with Crippen LogP contribution >= 0.6 is 0 Å². The second kappa shape index (κ2) is 5.80. The monoisotopic (exact) mass is 223 g/mol. The van der Waals surface area contributed by atoms with Crippen LogP contribution in [0.4, 0.5) is 0 Å². The Morgan fingerprint density at radius 1 is 1.31 bits per heavy atom. The van der Waals surface area contributed by atoms with E-state index in [4.69, 9.17) is 4.74 Å². The van der Waals surface area contributed by atoms with Crippen LogP contribution in [0.25, 0.3) is 0 Å². The van der Waals surface area contributed by atoms with Crippen molar-refractivity contribution in [2.24, 2.45) is 0 Å². The molecule has 4 nitrogen and oxygen atoms in total. The number of hydrogen-bond acceptors (Lipinski definition) is 4. The SMILES string of the molecule is CCNCc1cncc(OC(C)(C)CC)n1. The van der Waals surface area contributed by atoms with E-state index in [2.05, 4.69) is 29.1 Å². The Labute approximate surface area is 97.5 Å². The molecular formula is C12H21N3O. The first kappa shape index (κ1) is 12.9. The molecule has 0 amide bonds. The molecular weight excluding hydrogens is 202 g/mol. The average Bonchev–Trinajstić information content (AvgIpc) is 2.26. The Balaban J connectivity index is 2.67. The Hall–Kier alpha value is -1.16. The number of ether oxygens (including phenoxy) is 1. The van der Waals surface area contributed by atoms with Crippen molar-refractivity contribution < 1.29 is 4.74 Å². The molecule has 4 heteroatoms. The Morgan fingerprint density at radius 3 is 2.69 bits per heavy atom. The molecule has 0 aromatic carbocycles. The predicted molar refractivity (Wildman–Crippen MR) is 64.4 cm³/mol. The van der Waals surface area contributed by atoms with Crippen molar-refractivity contribution in [2.75, 3.05) is 6.54 Å². The molecule has 0 bridgehead atoms. The van der Waals surface area contributed by atoms with Gasteiger partial charge >= 0.3 is 0 Å². The van der Waals surface area contributed by atoms with Gasteiger partial charge in [-0.15, -0.1) is 0 Å². The first-order valence-electron chi connectivity index (χ1n) is 5.78. The molecule has 90 valence electrons. The fraction of sp³-hybridized carbons (Fsp3) is 0.667. The lowest BCUT2D eigenvalue weighted by Gasteiger charge is -2.23. The fourth-order valence-corrected chi connectivity index (χ4v) is 1.13. The molecule has 0 saturated heterocycles. The molecule has 0 aliphatic heterocycles. The molecule has 0 aliphatic rings. The molecule has 1 aromatic heterocycles. The highest BCUT2D eigenvalue weighted by molar-refractivity contribution is 5.09. The van der Waals surface area contributed by atoms with Gasteiger partial charge in [-0.05, 0) is 26.8 Å². The average molecular weight is 223 g/mol. The zero-order valence-corrected chi connectivity index (χ0v) is 10.6. The van der Waals surface area contributed by atoms with Gasteiger partial charge in [0, 0.05) is 12.7 Å². The molecule has 0 fully saturated rings. The van der Waals surface area contributed by atoms with Crippen LogP contribution in [0.1, 0.15) is 39.8 Å². The highest BCUT2D eigenvalue weighted by atomic mass is 16.5. The molecule has 1 N–H and O–H groups in total. The minimum absolute atomic E-state index is 0.189. The Bertz CT molecular complexity index is 326. The number of aromatic nitrogens is 2. The lowest BCUT2D eigenvalue weighted by atomic mass is 10.1. The number of rotatable bonds is 6. The molecule has 0 saturated carbocycles. The lowest BCUT2D eigenvalue weighted by Crippen LogP contribution is -2.27. The summed E-state index contributed by atoms with van der Waals surface area (Å²) in [6.07, 6.45) is 4.35. The van der Waals surface area contributed by atoms with E-state index in [1.165, 1.54) is 0 Å². The van der Waals surface area contributed by atoms with Gasteiger partial charge < -0.3 is 10.1 Å². The van der Waals surface area contributed by atoms with Gasteiger partial charge in [0.25, 0.3) is 0 Å². The van der Waals surface area contributed by atoms with Gasteiger partial charge in [0.1, 0.15) is 5.60 Å². The largest absolute Gasteiger partial charge is 0.471 e. The van der Waals surface area contributed by atoms with Gasteiger partial charge in [-0.2, -0.15) is 0 Å². The van der Waals surface area contributed by atoms with Crippen molar-refractivity contribution in [3.63, 3.8) is 0 Å². The van der Waals surface area contributed by atoms with Gasteiger partial charge in [0.15, 0.2) is 0 Å². The van der Waals surface area contributed by atoms with Crippen molar-refractivity contribution in [3.05, 3.63) is 18.1 Å². The maximum absolute atomic E-state index is 5.77. The topological polar surface area (TPSA) is 47.0 Å². The Morgan fingerprint density at radius 2 is 2.06 bits per heavy atom. The standard InChI is InChI=1S/C12H21N3O/c1-5-12(3,4)16-11-9-14-8-10(15-11)7-13-6-2/h8-9,13H,5-7H2,1-4H3. The zero-order chi connectivity index (χ0) is 12.0. The third-order valence-corrected chi connectivity index (χ3v) is 2.45. The normalized spacial score (nSPS) is 11.5. The maximum Gasteiger partial charge on any atom is 0.233 e. The predicted octanol–water partition coefficient (Wildman–Crippen LogP) is 2.15. The van der Waals surface area contributed by atoms with Crippen LogP contribution in [0.3, 0.4) is 0 Å². The van der Waals surface area contributed by atoms with Gasteiger partial charge in [0.05, 0.1) is 11.9 Å². The second-order valence-corrected chi connectivity index (χ2v) is 4.34. The summed E-state index contributed by atoms with van der Waals surface area (Å²) >= 11 is 0. The van der Waals surface area contributed by atoms with E-state index in [0.717, 1.165) is 25.2 Å². The van der Waals surface area contributed by atoms with Crippen molar-refractivity contribution in [2.45, 2.75) is 46.3 Å². The molecule has 16 heavy (non-hydrogen) atoms. The van der Waals surface area contributed by atoms with E-state index < -0.39 is 0 Å². The van der Waals surface area contributed by atoms with E-state index in [0.29, 0.717) is 5.88 Å². The van der Waals surface area contributed by atoms with E-state index in [1.54, 1.807) is 12.4 Å². The summed E-state index contributed by atoms with van der Waals surface area (Å²) in [5.74, 6) is 0.599. The van der Waals surface area contributed by atoms with Crippen molar-refractivity contribution in [1.29, 1.82) is 0 Å².